The molecule has 1 amide bonds. The molecule has 0 unspecified atom stereocenters. The van der Waals surface area contributed by atoms with E-state index in [2.05, 4.69) is 27.9 Å². The molecule has 1 N–H and O–H groups in total. The zero-order valence-electron chi connectivity index (χ0n) is 18.2. The Morgan fingerprint density at radius 2 is 1.65 bits per heavy atom. The number of benzene rings is 3. The number of hydrogen-bond donors (Lipinski definition) is 1. The number of sulfonamides is 1. The number of nitrogens with zero attached hydrogens (tertiary/aromatic N) is 1. The van der Waals surface area contributed by atoms with Crippen LogP contribution in [0.25, 0.3) is 0 Å². The standard InChI is InChI=1S/C25H23IN2O5S/c26-19-10-12-20(13-11-19)27-24(29)17-33-25(30)16-23-22-9-5-4-6-18(22)14-15-28(23)34(31,32)21-7-2-1-3-8-21/h1-13,23H,14-17H2,(H,27,29)/t23-/m0/s1. The van der Waals surface area contributed by atoms with E-state index in [0.717, 1.165) is 14.7 Å². The average molecular weight is 590 g/mol. The van der Waals surface area contributed by atoms with Crippen molar-refractivity contribution in [1.82, 2.24) is 4.31 Å². The van der Waals surface area contributed by atoms with Crippen LogP contribution in [0.3, 0.4) is 0 Å². The van der Waals surface area contributed by atoms with Crippen molar-refractivity contribution in [3.8, 4) is 0 Å². The van der Waals surface area contributed by atoms with Crippen LogP contribution in [0.1, 0.15) is 23.6 Å². The number of hydrogen-bond acceptors (Lipinski definition) is 5. The van der Waals surface area contributed by atoms with Crippen molar-refractivity contribution in [2.24, 2.45) is 0 Å². The van der Waals surface area contributed by atoms with Gasteiger partial charge in [-0.05, 0) is 76.5 Å². The molecule has 9 heteroatoms. The van der Waals surface area contributed by atoms with Gasteiger partial charge in [0, 0.05) is 15.8 Å². The molecule has 1 aliphatic heterocycles. The van der Waals surface area contributed by atoms with Crippen LogP contribution < -0.4 is 5.32 Å². The molecule has 0 radical (unpaired) electrons. The fourth-order valence-electron chi connectivity index (χ4n) is 3.95. The first-order valence-corrected chi connectivity index (χ1v) is 13.2. The lowest BCUT2D eigenvalue weighted by molar-refractivity contribution is -0.148. The summed E-state index contributed by atoms with van der Waals surface area (Å²) < 4.78 is 34.4. The fourth-order valence-corrected chi connectivity index (χ4v) is 5.94. The summed E-state index contributed by atoms with van der Waals surface area (Å²) in [6.07, 6.45) is 0.353. The lowest BCUT2D eigenvalue weighted by Crippen LogP contribution is -2.41. The summed E-state index contributed by atoms with van der Waals surface area (Å²) in [6, 6.07) is 22.2. The van der Waals surface area contributed by atoms with Gasteiger partial charge in [0.2, 0.25) is 10.0 Å². The van der Waals surface area contributed by atoms with Crippen molar-refractivity contribution in [3.05, 3.63) is 93.6 Å². The molecule has 0 saturated carbocycles. The molecule has 3 aromatic rings. The van der Waals surface area contributed by atoms with Crippen molar-refractivity contribution in [2.75, 3.05) is 18.5 Å². The minimum absolute atomic E-state index is 0.171. The number of ether oxygens (including phenoxy) is 1. The molecule has 7 nitrogen and oxygen atoms in total. The normalized spacial score (nSPS) is 15.9. The SMILES string of the molecule is O=C(COC(=O)C[C@H]1c2ccccc2CCN1S(=O)(=O)c1ccccc1)Nc1ccc(I)cc1. The molecule has 0 fully saturated rings. The van der Waals surface area contributed by atoms with Gasteiger partial charge in [-0.15, -0.1) is 0 Å². The highest BCUT2D eigenvalue weighted by Gasteiger charge is 2.37. The molecule has 1 heterocycles. The van der Waals surface area contributed by atoms with Crippen molar-refractivity contribution in [1.29, 1.82) is 0 Å². The maximum absolute atomic E-state index is 13.4. The van der Waals surface area contributed by atoms with Crippen LogP contribution in [0, 0.1) is 3.57 Å². The second kappa shape index (κ2) is 10.7. The molecule has 0 spiro atoms. The largest absolute Gasteiger partial charge is 0.456 e. The van der Waals surface area contributed by atoms with E-state index >= 15 is 0 Å². The molecule has 1 atom stereocenters. The highest BCUT2D eigenvalue weighted by molar-refractivity contribution is 14.1. The zero-order valence-corrected chi connectivity index (χ0v) is 21.2. The summed E-state index contributed by atoms with van der Waals surface area (Å²) in [5, 5.41) is 2.67. The van der Waals surface area contributed by atoms with E-state index in [0.29, 0.717) is 12.1 Å². The molecule has 4 rings (SSSR count). The number of rotatable bonds is 7. The maximum atomic E-state index is 13.4. The highest BCUT2D eigenvalue weighted by atomic mass is 127. The first kappa shape index (κ1) is 24.4. The number of nitrogens with one attached hydrogen (secondary N) is 1. The molecule has 0 aliphatic carbocycles. The summed E-state index contributed by atoms with van der Waals surface area (Å²) in [4.78, 5) is 25.1. The number of amides is 1. The Hall–Kier alpha value is -2.76. The monoisotopic (exact) mass is 590 g/mol. The number of fused-ring (bicyclic) bond motifs is 1. The van der Waals surface area contributed by atoms with Crippen LogP contribution in [0.5, 0.6) is 0 Å². The number of carbonyl (C=O) groups is 2. The molecular formula is C25H23IN2O5S. The first-order chi connectivity index (χ1) is 16.3. The van der Waals surface area contributed by atoms with E-state index in [1.807, 2.05) is 36.4 Å². The van der Waals surface area contributed by atoms with Gasteiger partial charge in [-0.2, -0.15) is 4.31 Å². The molecule has 34 heavy (non-hydrogen) atoms. The number of halogens is 1. The van der Waals surface area contributed by atoms with Gasteiger partial charge in [-0.25, -0.2) is 8.42 Å². The fraction of sp³-hybridized carbons (Fsp3) is 0.200. The number of carbonyl (C=O) groups excluding carboxylic acids is 2. The van der Waals surface area contributed by atoms with Crippen LogP contribution in [-0.4, -0.2) is 37.8 Å². The van der Waals surface area contributed by atoms with E-state index in [4.69, 9.17) is 4.74 Å². The Morgan fingerprint density at radius 1 is 0.971 bits per heavy atom. The minimum Gasteiger partial charge on any atom is -0.456 e. The van der Waals surface area contributed by atoms with Crippen LogP contribution in [-0.2, 0) is 30.8 Å². The maximum Gasteiger partial charge on any atom is 0.308 e. The van der Waals surface area contributed by atoms with Gasteiger partial charge in [0.1, 0.15) is 0 Å². The van der Waals surface area contributed by atoms with Crippen LogP contribution in [0.2, 0.25) is 0 Å². The van der Waals surface area contributed by atoms with Crippen molar-refractivity contribution >= 4 is 50.2 Å². The third-order valence-corrected chi connectivity index (χ3v) is 8.21. The topological polar surface area (TPSA) is 92.8 Å². The van der Waals surface area contributed by atoms with Crippen LogP contribution in [0.15, 0.2) is 83.8 Å². The Morgan fingerprint density at radius 3 is 2.38 bits per heavy atom. The van der Waals surface area contributed by atoms with Gasteiger partial charge < -0.3 is 10.1 Å². The van der Waals surface area contributed by atoms with E-state index in [1.165, 1.54) is 4.31 Å². The van der Waals surface area contributed by atoms with Gasteiger partial charge in [0.15, 0.2) is 6.61 Å². The average Bonchev–Trinajstić information content (AvgIpc) is 2.85. The Bertz CT molecular complexity index is 1280. The van der Waals surface area contributed by atoms with Gasteiger partial charge in [0.25, 0.3) is 5.91 Å². The third-order valence-electron chi connectivity index (χ3n) is 5.57. The van der Waals surface area contributed by atoms with Gasteiger partial charge in [-0.1, -0.05) is 42.5 Å². The molecule has 0 aromatic heterocycles. The van der Waals surface area contributed by atoms with Crippen molar-refractivity contribution in [3.63, 3.8) is 0 Å². The summed E-state index contributed by atoms with van der Waals surface area (Å²) in [6.45, 7) is -0.204. The highest BCUT2D eigenvalue weighted by Crippen LogP contribution is 2.36. The summed E-state index contributed by atoms with van der Waals surface area (Å²) in [7, 11) is -3.83. The minimum atomic E-state index is -3.83. The molecular weight excluding hydrogens is 567 g/mol. The second-order valence-electron chi connectivity index (χ2n) is 7.81. The van der Waals surface area contributed by atoms with E-state index in [1.54, 1.807) is 42.5 Å². The predicted octanol–water partition coefficient (Wildman–Crippen LogP) is 4.15. The molecule has 0 bridgehead atoms. The molecule has 0 saturated heterocycles. The molecule has 3 aromatic carbocycles. The number of anilines is 1. The predicted molar refractivity (Wildman–Crippen MR) is 137 cm³/mol. The quantitative estimate of drug-likeness (QED) is 0.330. The first-order valence-electron chi connectivity index (χ1n) is 10.7. The smallest absolute Gasteiger partial charge is 0.308 e. The Labute approximate surface area is 212 Å². The molecule has 176 valence electrons. The van der Waals surface area contributed by atoms with Crippen molar-refractivity contribution < 1.29 is 22.7 Å². The molecule has 1 aliphatic rings. The number of esters is 1. The summed E-state index contributed by atoms with van der Waals surface area (Å²) in [5.41, 5.74) is 2.37. The summed E-state index contributed by atoms with van der Waals surface area (Å²) in [5.74, 6) is -1.11. The van der Waals surface area contributed by atoms with Gasteiger partial charge in [-0.3, -0.25) is 9.59 Å². The van der Waals surface area contributed by atoms with E-state index in [9.17, 15) is 18.0 Å². The lowest BCUT2D eigenvalue weighted by atomic mass is 9.92. The Balaban J connectivity index is 1.48. The third kappa shape index (κ3) is 5.65. The van der Waals surface area contributed by atoms with Crippen LogP contribution in [0.4, 0.5) is 5.69 Å². The van der Waals surface area contributed by atoms with Gasteiger partial charge in [0.05, 0.1) is 17.4 Å². The second-order valence-corrected chi connectivity index (χ2v) is 10.9. The lowest BCUT2D eigenvalue weighted by Gasteiger charge is -2.36. The zero-order chi connectivity index (χ0) is 24.1. The van der Waals surface area contributed by atoms with Crippen LogP contribution >= 0.6 is 22.6 Å². The van der Waals surface area contributed by atoms with Gasteiger partial charge >= 0.3 is 5.97 Å². The van der Waals surface area contributed by atoms with E-state index in [-0.39, 0.29) is 17.9 Å². The summed E-state index contributed by atoms with van der Waals surface area (Å²) >= 11 is 2.16. The Kier molecular flexibility index (Phi) is 7.64. The van der Waals surface area contributed by atoms with Crippen molar-refractivity contribution in [2.45, 2.75) is 23.8 Å². The van der Waals surface area contributed by atoms with E-state index < -0.39 is 34.5 Å².